The van der Waals surface area contributed by atoms with Crippen molar-refractivity contribution >= 4 is 0 Å². The molecule has 4 nitrogen and oxygen atoms in total. The third kappa shape index (κ3) is 4.63. The van der Waals surface area contributed by atoms with Gasteiger partial charge in [0.15, 0.2) is 5.82 Å². The van der Waals surface area contributed by atoms with Gasteiger partial charge in [-0.15, -0.1) is 0 Å². The van der Waals surface area contributed by atoms with Gasteiger partial charge in [-0.1, -0.05) is 47.0 Å². The summed E-state index contributed by atoms with van der Waals surface area (Å²) in [7, 11) is 0. The second-order valence-electron chi connectivity index (χ2n) is 7.85. The van der Waals surface area contributed by atoms with Crippen LogP contribution in [0.5, 0.6) is 0 Å². The van der Waals surface area contributed by atoms with Gasteiger partial charge in [0.25, 0.3) is 0 Å². The number of H-pyrrole nitrogens is 1. The van der Waals surface area contributed by atoms with Gasteiger partial charge < -0.3 is 4.98 Å². The number of aromatic nitrogens is 4. The lowest BCUT2D eigenvalue weighted by Gasteiger charge is -2.19. The third-order valence-corrected chi connectivity index (χ3v) is 6.12. The second-order valence-corrected chi connectivity index (χ2v) is 7.85. The molecule has 1 aliphatic carbocycles. The summed E-state index contributed by atoms with van der Waals surface area (Å²) in [5.41, 5.74) is 4.90. The number of rotatable bonds is 6. The fraction of sp³-hybridized carbons (Fsp3) is 0.625. The predicted octanol–water partition coefficient (Wildman–Crippen LogP) is 5.68. The summed E-state index contributed by atoms with van der Waals surface area (Å²) in [6, 6.07) is 0. The molecule has 0 saturated heterocycles. The van der Waals surface area contributed by atoms with E-state index in [0.717, 1.165) is 37.2 Å². The van der Waals surface area contributed by atoms with E-state index in [1.807, 2.05) is 6.20 Å². The van der Waals surface area contributed by atoms with Crippen LogP contribution in [0.25, 0.3) is 0 Å². The summed E-state index contributed by atoms with van der Waals surface area (Å²) in [6.45, 7) is 8.84. The van der Waals surface area contributed by atoms with Crippen molar-refractivity contribution in [3.05, 3.63) is 40.5 Å². The number of nitrogens with one attached hydrogen (secondary N) is 1. The normalized spacial score (nSPS) is 14.9. The number of nitrogens with zero attached hydrogens (tertiary/aromatic N) is 3. The lowest BCUT2D eigenvalue weighted by atomic mass is 9.87. The topological polar surface area (TPSA) is 54.5 Å². The van der Waals surface area contributed by atoms with Crippen molar-refractivity contribution in [2.45, 2.75) is 97.3 Å². The largest absolute Gasteiger partial charge is 0.335 e. The van der Waals surface area contributed by atoms with Crippen LogP contribution >= 0.6 is 0 Å². The molecule has 1 aliphatic rings. The number of hydrogen-bond donors (Lipinski definition) is 1. The highest BCUT2D eigenvalue weighted by Gasteiger charge is 2.18. The van der Waals surface area contributed by atoms with Gasteiger partial charge in [-0.3, -0.25) is 0 Å². The Bertz CT molecular complexity index is 830. The molecule has 0 aliphatic heterocycles. The molecular formula is C24H34N4. The standard InChI is InChI=1S/C24H34N4/c1-5-17(6-2)24-19(7-3)20(8-4)26-23(28-24)15-14-22-25-16-21(27-22)18-12-10-9-11-13-18/h16-18H,5-13H2,1-4H3,(H,25,27). The maximum atomic E-state index is 4.88. The molecule has 1 N–H and O–H groups in total. The molecule has 0 radical (unpaired) electrons. The van der Waals surface area contributed by atoms with Gasteiger partial charge in [0, 0.05) is 29.4 Å². The minimum atomic E-state index is 0.477. The van der Waals surface area contributed by atoms with Crippen LogP contribution in [-0.4, -0.2) is 19.9 Å². The van der Waals surface area contributed by atoms with E-state index in [1.54, 1.807) is 0 Å². The van der Waals surface area contributed by atoms with Crippen LogP contribution in [-0.2, 0) is 12.8 Å². The highest BCUT2D eigenvalue weighted by atomic mass is 14.9. The molecule has 2 aromatic rings. The van der Waals surface area contributed by atoms with E-state index < -0.39 is 0 Å². The molecule has 0 atom stereocenters. The Kier molecular flexibility index (Phi) is 7.25. The molecule has 150 valence electrons. The lowest BCUT2D eigenvalue weighted by Crippen LogP contribution is -2.11. The zero-order chi connectivity index (χ0) is 19.9. The average Bonchev–Trinajstić information content (AvgIpc) is 3.22. The average molecular weight is 379 g/mol. The van der Waals surface area contributed by atoms with Crippen molar-refractivity contribution in [1.29, 1.82) is 0 Å². The van der Waals surface area contributed by atoms with Crippen LogP contribution in [0.2, 0.25) is 0 Å². The van der Waals surface area contributed by atoms with E-state index in [-0.39, 0.29) is 0 Å². The fourth-order valence-corrected chi connectivity index (χ4v) is 4.43. The van der Waals surface area contributed by atoms with E-state index in [1.165, 1.54) is 49.1 Å². The Morgan fingerprint density at radius 3 is 2.39 bits per heavy atom. The molecule has 4 heteroatoms. The first-order valence-corrected chi connectivity index (χ1v) is 11.2. The van der Waals surface area contributed by atoms with Crippen molar-refractivity contribution in [3.8, 4) is 11.8 Å². The van der Waals surface area contributed by atoms with Gasteiger partial charge >= 0.3 is 0 Å². The number of aryl methyl sites for hydroxylation is 1. The Labute approximate surface area is 170 Å². The van der Waals surface area contributed by atoms with Gasteiger partial charge in [0.2, 0.25) is 5.82 Å². The predicted molar refractivity (Wildman–Crippen MR) is 115 cm³/mol. The van der Waals surface area contributed by atoms with Crippen LogP contribution in [0.15, 0.2) is 6.20 Å². The minimum Gasteiger partial charge on any atom is -0.335 e. The van der Waals surface area contributed by atoms with E-state index in [0.29, 0.717) is 17.7 Å². The van der Waals surface area contributed by atoms with Gasteiger partial charge in [-0.2, -0.15) is 0 Å². The number of hydrogen-bond acceptors (Lipinski definition) is 3. The summed E-state index contributed by atoms with van der Waals surface area (Å²) in [5.74, 6) is 8.80. The Hall–Kier alpha value is -2.15. The van der Waals surface area contributed by atoms with Crippen LogP contribution in [0.4, 0.5) is 0 Å². The molecule has 0 bridgehead atoms. The summed E-state index contributed by atoms with van der Waals surface area (Å²) in [4.78, 5) is 17.6. The summed E-state index contributed by atoms with van der Waals surface area (Å²) in [6.07, 6.45) is 12.6. The molecule has 0 aromatic carbocycles. The third-order valence-electron chi connectivity index (χ3n) is 6.12. The zero-order valence-electron chi connectivity index (χ0n) is 17.9. The van der Waals surface area contributed by atoms with Gasteiger partial charge in [0.1, 0.15) is 0 Å². The first kappa shape index (κ1) is 20.6. The fourth-order valence-electron chi connectivity index (χ4n) is 4.43. The van der Waals surface area contributed by atoms with E-state index in [9.17, 15) is 0 Å². The van der Waals surface area contributed by atoms with Crippen molar-refractivity contribution in [3.63, 3.8) is 0 Å². The molecule has 0 unspecified atom stereocenters. The smallest absolute Gasteiger partial charge is 0.205 e. The lowest BCUT2D eigenvalue weighted by molar-refractivity contribution is 0.437. The summed E-state index contributed by atoms with van der Waals surface area (Å²) in [5, 5.41) is 0. The summed E-state index contributed by atoms with van der Waals surface area (Å²) < 4.78 is 0. The molecule has 0 amide bonds. The van der Waals surface area contributed by atoms with Crippen molar-refractivity contribution in [2.24, 2.45) is 0 Å². The monoisotopic (exact) mass is 378 g/mol. The molecule has 1 fully saturated rings. The maximum absolute atomic E-state index is 4.88. The van der Waals surface area contributed by atoms with E-state index in [2.05, 4.69) is 49.5 Å². The number of aromatic amines is 1. The number of imidazole rings is 1. The molecule has 0 spiro atoms. The molecule has 2 aromatic heterocycles. The van der Waals surface area contributed by atoms with Gasteiger partial charge in [-0.05, 0) is 55.9 Å². The van der Waals surface area contributed by atoms with Gasteiger partial charge in [0.05, 0.1) is 5.69 Å². The molecule has 3 rings (SSSR count). The molecule has 2 heterocycles. The van der Waals surface area contributed by atoms with Crippen molar-refractivity contribution in [2.75, 3.05) is 0 Å². The Morgan fingerprint density at radius 2 is 1.75 bits per heavy atom. The maximum Gasteiger partial charge on any atom is 0.205 e. The van der Waals surface area contributed by atoms with Crippen molar-refractivity contribution < 1.29 is 0 Å². The summed E-state index contributed by atoms with van der Waals surface area (Å²) >= 11 is 0. The van der Waals surface area contributed by atoms with Crippen LogP contribution in [0, 0.1) is 11.8 Å². The second kappa shape index (κ2) is 9.87. The quantitative estimate of drug-likeness (QED) is 0.658. The van der Waals surface area contributed by atoms with E-state index in [4.69, 9.17) is 9.97 Å². The Morgan fingerprint density at radius 1 is 1.00 bits per heavy atom. The minimum absolute atomic E-state index is 0.477. The zero-order valence-corrected chi connectivity index (χ0v) is 17.9. The Balaban J connectivity index is 1.88. The van der Waals surface area contributed by atoms with Crippen LogP contribution in [0.3, 0.4) is 0 Å². The molecule has 1 saturated carbocycles. The van der Waals surface area contributed by atoms with Crippen LogP contribution in [0.1, 0.15) is 119 Å². The molecular weight excluding hydrogens is 344 g/mol. The van der Waals surface area contributed by atoms with Gasteiger partial charge in [-0.25, -0.2) is 15.0 Å². The first-order chi connectivity index (χ1) is 13.7. The van der Waals surface area contributed by atoms with Crippen molar-refractivity contribution in [1.82, 2.24) is 19.9 Å². The highest BCUT2D eigenvalue weighted by molar-refractivity contribution is 5.36. The first-order valence-electron chi connectivity index (χ1n) is 11.2. The molecule has 28 heavy (non-hydrogen) atoms. The SMILES string of the molecule is CCc1nc(C#Cc2ncc(C3CCCCC3)[nH]2)nc(C(CC)CC)c1CC. The highest BCUT2D eigenvalue weighted by Crippen LogP contribution is 2.31. The van der Waals surface area contributed by atoms with Crippen LogP contribution < -0.4 is 0 Å². The van der Waals surface area contributed by atoms with E-state index >= 15 is 0 Å².